The second kappa shape index (κ2) is 8.36. The minimum Gasteiger partial charge on any atom is -1.00 e. The summed E-state index contributed by atoms with van der Waals surface area (Å²) in [5, 5.41) is 11.4. The van der Waals surface area contributed by atoms with E-state index in [1.54, 1.807) is 30.3 Å². The number of carbonyl (C=O) groups is 1. The second-order valence-corrected chi connectivity index (χ2v) is 9.04. The molecule has 0 unspecified atom stereocenters. The molecule has 1 aromatic rings. The summed E-state index contributed by atoms with van der Waals surface area (Å²) in [6.45, 7) is 0. The quantitative estimate of drug-likeness (QED) is 0.512. The highest BCUT2D eigenvalue weighted by Crippen LogP contribution is 2.48. The van der Waals surface area contributed by atoms with Gasteiger partial charge in [0.2, 0.25) is 5.92 Å². The van der Waals surface area contributed by atoms with Crippen molar-refractivity contribution in [1.29, 1.82) is 0 Å². The molecular formula is C21H30BrF2NO3. The fourth-order valence-corrected chi connectivity index (χ4v) is 4.49. The van der Waals surface area contributed by atoms with Gasteiger partial charge in [0, 0.05) is 31.6 Å². The van der Waals surface area contributed by atoms with Gasteiger partial charge in [-0.15, -0.1) is 0 Å². The van der Waals surface area contributed by atoms with E-state index >= 15 is 0 Å². The Morgan fingerprint density at radius 2 is 1.82 bits per heavy atom. The van der Waals surface area contributed by atoms with Crippen molar-refractivity contribution >= 4 is 5.97 Å². The number of nitrogens with zero attached hydrogens (tertiary/aromatic N) is 1. The van der Waals surface area contributed by atoms with Crippen molar-refractivity contribution in [2.45, 2.75) is 62.2 Å². The van der Waals surface area contributed by atoms with E-state index in [0.717, 1.165) is 23.7 Å². The van der Waals surface area contributed by atoms with Gasteiger partial charge in [0.1, 0.15) is 6.10 Å². The van der Waals surface area contributed by atoms with Gasteiger partial charge in [-0.25, -0.2) is 13.6 Å². The number of ether oxygens (including phenoxy) is 1. The number of benzene rings is 1. The summed E-state index contributed by atoms with van der Waals surface area (Å²) in [7, 11) is 6.32. The Balaban J connectivity index is 0.00000280. The Hall–Kier alpha value is -1.05. The summed E-state index contributed by atoms with van der Waals surface area (Å²) in [5.74, 6) is -4.49. The van der Waals surface area contributed by atoms with Crippen molar-refractivity contribution in [2.75, 3.05) is 21.1 Å². The first kappa shape index (κ1) is 23.2. The Bertz CT molecular complexity index is 680. The monoisotopic (exact) mass is 461 g/mol. The number of hydrogen-bond acceptors (Lipinski definition) is 3. The smallest absolute Gasteiger partial charge is 0.343 e. The lowest BCUT2D eigenvalue weighted by Gasteiger charge is -2.34. The van der Waals surface area contributed by atoms with E-state index in [2.05, 4.69) is 21.1 Å². The van der Waals surface area contributed by atoms with E-state index in [0.29, 0.717) is 11.6 Å². The van der Waals surface area contributed by atoms with Crippen molar-refractivity contribution in [3.05, 3.63) is 35.9 Å². The summed E-state index contributed by atoms with van der Waals surface area (Å²) in [4.78, 5) is 13.1. The summed E-state index contributed by atoms with van der Waals surface area (Å²) >= 11 is 0. The number of aliphatic hydroxyl groups is 1. The number of rotatable bonds is 5. The van der Waals surface area contributed by atoms with E-state index in [1.165, 1.54) is 0 Å². The molecule has 3 rings (SSSR count). The molecule has 7 heteroatoms. The standard InChI is InChI=1S/C21H30F2NO3.BrH/c1-24(2,3)17-9-10-18(13-17)27-19(25)21(26,15-7-5-4-6-8-15)16-11-12-20(22,23)14-16;/h4-8,16-18,26H,9-14H2,1-3H3;1H/q+1;/p-1/t16-,17-,18-,21+;/m1./s1. The Kier molecular flexibility index (Phi) is 6.94. The molecule has 1 N–H and O–H groups in total. The first-order valence-electron chi connectivity index (χ1n) is 9.70. The predicted octanol–water partition coefficient (Wildman–Crippen LogP) is 0.484. The van der Waals surface area contributed by atoms with Gasteiger partial charge in [0.25, 0.3) is 0 Å². The van der Waals surface area contributed by atoms with Crippen LogP contribution in [0.25, 0.3) is 0 Å². The van der Waals surface area contributed by atoms with Gasteiger partial charge in [-0.3, -0.25) is 0 Å². The molecule has 2 saturated carbocycles. The van der Waals surface area contributed by atoms with Crippen molar-refractivity contribution in [1.82, 2.24) is 0 Å². The van der Waals surface area contributed by atoms with E-state index in [1.807, 2.05) is 0 Å². The molecule has 2 aliphatic rings. The van der Waals surface area contributed by atoms with E-state index in [4.69, 9.17) is 4.74 Å². The molecule has 0 heterocycles. The Morgan fingerprint density at radius 1 is 1.18 bits per heavy atom. The molecule has 2 aliphatic carbocycles. The summed E-state index contributed by atoms with van der Waals surface area (Å²) < 4.78 is 34.1. The Labute approximate surface area is 176 Å². The number of alkyl halides is 2. The van der Waals surface area contributed by atoms with Crippen LogP contribution in [0.1, 0.15) is 44.1 Å². The summed E-state index contributed by atoms with van der Waals surface area (Å²) in [5.41, 5.74) is -1.70. The van der Waals surface area contributed by atoms with Gasteiger partial charge in [-0.1, -0.05) is 30.3 Å². The lowest BCUT2D eigenvalue weighted by atomic mass is 9.80. The van der Waals surface area contributed by atoms with Crippen LogP contribution in [0.4, 0.5) is 8.78 Å². The molecule has 1 aromatic carbocycles. The van der Waals surface area contributed by atoms with Crippen LogP contribution < -0.4 is 17.0 Å². The first-order chi connectivity index (χ1) is 12.5. The van der Waals surface area contributed by atoms with Gasteiger partial charge in [-0.05, 0) is 18.4 Å². The topological polar surface area (TPSA) is 46.5 Å². The third-order valence-electron chi connectivity index (χ3n) is 6.25. The minimum atomic E-state index is -2.85. The number of carbonyl (C=O) groups excluding carboxylic acids is 1. The van der Waals surface area contributed by atoms with Gasteiger partial charge < -0.3 is 31.3 Å². The SMILES string of the molecule is C[N+](C)(C)[C@@H]1CC[C@@H](OC(=O)[C@](O)(c2ccccc2)[C@@H]2CCC(F)(F)C2)C1.[Br-]. The fourth-order valence-electron chi connectivity index (χ4n) is 4.49. The van der Waals surface area contributed by atoms with Gasteiger partial charge in [0.05, 0.1) is 27.2 Å². The zero-order valence-corrected chi connectivity index (χ0v) is 18.3. The predicted molar refractivity (Wildman–Crippen MR) is 98.2 cm³/mol. The molecular weight excluding hydrogens is 432 g/mol. The third-order valence-corrected chi connectivity index (χ3v) is 6.25. The van der Waals surface area contributed by atoms with Crippen LogP contribution in [-0.2, 0) is 15.1 Å². The highest BCUT2D eigenvalue weighted by atomic mass is 79.9. The van der Waals surface area contributed by atoms with Gasteiger partial charge in [0.15, 0.2) is 5.60 Å². The maximum atomic E-state index is 13.8. The Morgan fingerprint density at radius 3 is 2.32 bits per heavy atom. The van der Waals surface area contributed by atoms with Crippen LogP contribution in [-0.4, -0.2) is 54.8 Å². The van der Waals surface area contributed by atoms with Crippen molar-refractivity contribution < 1.29 is 44.9 Å². The molecule has 0 amide bonds. The van der Waals surface area contributed by atoms with Crippen LogP contribution >= 0.6 is 0 Å². The number of halogens is 3. The molecule has 4 atom stereocenters. The number of hydrogen-bond donors (Lipinski definition) is 1. The average molecular weight is 462 g/mol. The number of quaternary nitrogens is 1. The van der Waals surface area contributed by atoms with Crippen LogP contribution in [0.15, 0.2) is 30.3 Å². The average Bonchev–Trinajstić information content (AvgIpc) is 3.21. The van der Waals surface area contributed by atoms with E-state index < -0.39 is 29.8 Å². The first-order valence-corrected chi connectivity index (χ1v) is 9.70. The molecule has 2 fully saturated rings. The van der Waals surface area contributed by atoms with Crippen molar-refractivity contribution in [2.24, 2.45) is 5.92 Å². The maximum absolute atomic E-state index is 13.8. The largest absolute Gasteiger partial charge is 1.00 e. The minimum absolute atomic E-state index is 0. The fraction of sp³-hybridized carbons (Fsp3) is 0.667. The molecule has 0 radical (unpaired) electrons. The van der Waals surface area contributed by atoms with Gasteiger partial charge >= 0.3 is 5.97 Å². The van der Waals surface area contributed by atoms with Crippen LogP contribution in [0, 0.1) is 5.92 Å². The van der Waals surface area contributed by atoms with Crippen LogP contribution in [0.2, 0.25) is 0 Å². The molecule has 0 saturated heterocycles. The molecule has 28 heavy (non-hydrogen) atoms. The zero-order valence-electron chi connectivity index (χ0n) is 16.7. The third kappa shape index (κ3) is 4.74. The van der Waals surface area contributed by atoms with Crippen molar-refractivity contribution in [3.8, 4) is 0 Å². The molecule has 0 aliphatic heterocycles. The lowest BCUT2D eigenvalue weighted by Crippen LogP contribution is -3.00. The number of esters is 1. The lowest BCUT2D eigenvalue weighted by molar-refractivity contribution is -0.895. The van der Waals surface area contributed by atoms with Gasteiger partial charge in [-0.2, -0.15) is 0 Å². The molecule has 0 bridgehead atoms. The zero-order chi connectivity index (χ0) is 19.9. The molecule has 4 nitrogen and oxygen atoms in total. The molecule has 0 aromatic heterocycles. The highest BCUT2D eigenvalue weighted by Gasteiger charge is 2.55. The summed E-state index contributed by atoms with van der Waals surface area (Å²) in [6.07, 6.45) is 1.40. The summed E-state index contributed by atoms with van der Waals surface area (Å²) in [6, 6.07) is 8.76. The van der Waals surface area contributed by atoms with Crippen LogP contribution in [0.5, 0.6) is 0 Å². The maximum Gasteiger partial charge on any atom is 0.343 e. The van der Waals surface area contributed by atoms with Crippen molar-refractivity contribution in [3.63, 3.8) is 0 Å². The second-order valence-electron chi connectivity index (χ2n) is 9.04. The van der Waals surface area contributed by atoms with Crippen LogP contribution in [0.3, 0.4) is 0 Å². The molecule has 0 spiro atoms. The molecule has 158 valence electrons. The normalized spacial score (nSPS) is 29.0. The van der Waals surface area contributed by atoms with E-state index in [-0.39, 0.29) is 35.9 Å². The van der Waals surface area contributed by atoms with E-state index in [9.17, 15) is 18.7 Å². The highest BCUT2D eigenvalue weighted by molar-refractivity contribution is 5.82.